The molecule has 0 radical (unpaired) electrons. The molecular weight excluding hydrogens is 252 g/mol. The first-order chi connectivity index (χ1) is 9.41. The minimum atomic E-state index is -0.0330. The Balaban J connectivity index is 2.70. The largest absolute Gasteiger partial charge is 0.483 e. The van der Waals surface area contributed by atoms with Crippen LogP contribution in [-0.2, 0) is 11.3 Å². The third-order valence-electron chi connectivity index (χ3n) is 3.00. The maximum atomic E-state index is 11.6. The molecule has 0 aliphatic heterocycles. The SMILES string of the molecule is Cc1cccc(CNCC(C)C)c1OCC(=O)N(C)C. The van der Waals surface area contributed by atoms with Crippen LogP contribution in [0, 0.1) is 12.8 Å². The van der Waals surface area contributed by atoms with Crippen LogP contribution in [0.3, 0.4) is 0 Å². The molecule has 1 amide bonds. The topological polar surface area (TPSA) is 41.6 Å². The van der Waals surface area contributed by atoms with Crippen LogP contribution >= 0.6 is 0 Å². The second-order valence-electron chi connectivity index (χ2n) is 5.66. The molecule has 1 aromatic rings. The first-order valence-corrected chi connectivity index (χ1v) is 7.04. The highest BCUT2D eigenvalue weighted by molar-refractivity contribution is 5.77. The molecule has 1 aromatic carbocycles. The van der Waals surface area contributed by atoms with Crippen molar-refractivity contribution in [3.05, 3.63) is 29.3 Å². The summed E-state index contributed by atoms with van der Waals surface area (Å²) in [5, 5.41) is 3.40. The van der Waals surface area contributed by atoms with E-state index in [9.17, 15) is 4.79 Å². The van der Waals surface area contributed by atoms with Gasteiger partial charge in [-0.2, -0.15) is 0 Å². The zero-order valence-corrected chi connectivity index (χ0v) is 13.2. The number of hydrogen-bond acceptors (Lipinski definition) is 3. The quantitative estimate of drug-likeness (QED) is 0.831. The van der Waals surface area contributed by atoms with Crippen molar-refractivity contribution in [3.63, 3.8) is 0 Å². The van der Waals surface area contributed by atoms with Crippen molar-refractivity contribution in [2.75, 3.05) is 27.2 Å². The van der Waals surface area contributed by atoms with Gasteiger partial charge in [0.25, 0.3) is 5.91 Å². The van der Waals surface area contributed by atoms with Crippen LogP contribution in [0.15, 0.2) is 18.2 Å². The van der Waals surface area contributed by atoms with E-state index in [2.05, 4.69) is 19.2 Å². The van der Waals surface area contributed by atoms with Gasteiger partial charge < -0.3 is 15.0 Å². The summed E-state index contributed by atoms with van der Waals surface area (Å²) in [5.74, 6) is 1.40. The highest BCUT2D eigenvalue weighted by atomic mass is 16.5. The van der Waals surface area contributed by atoms with E-state index in [1.807, 2.05) is 25.1 Å². The Bertz CT molecular complexity index is 442. The number of nitrogens with one attached hydrogen (secondary N) is 1. The zero-order valence-electron chi connectivity index (χ0n) is 13.2. The number of benzene rings is 1. The van der Waals surface area contributed by atoms with Gasteiger partial charge in [-0.3, -0.25) is 4.79 Å². The van der Waals surface area contributed by atoms with E-state index in [-0.39, 0.29) is 12.5 Å². The number of carbonyl (C=O) groups is 1. The Morgan fingerprint density at radius 1 is 1.35 bits per heavy atom. The van der Waals surface area contributed by atoms with E-state index >= 15 is 0 Å². The Morgan fingerprint density at radius 3 is 2.65 bits per heavy atom. The van der Waals surface area contributed by atoms with Crippen LogP contribution in [0.1, 0.15) is 25.0 Å². The summed E-state index contributed by atoms with van der Waals surface area (Å²) in [5.41, 5.74) is 2.15. The average molecular weight is 278 g/mol. The number of ether oxygens (including phenoxy) is 1. The highest BCUT2D eigenvalue weighted by Crippen LogP contribution is 2.23. The van der Waals surface area contributed by atoms with Gasteiger partial charge in [0.2, 0.25) is 0 Å². The molecule has 0 atom stereocenters. The molecule has 4 nitrogen and oxygen atoms in total. The summed E-state index contributed by atoms with van der Waals surface area (Å²) in [6.07, 6.45) is 0. The van der Waals surface area contributed by atoms with Crippen LogP contribution in [0.2, 0.25) is 0 Å². The molecule has 0 bridgehead atoms. The predicted molar refractivity (Wildman–Crippen MR) is 81.9 cm³/mol. The van der Waals surface area contributed by atoms with Gasteiger partial charge in [-0.1, -0.05) is 32.0 Å². The van der Waals surface area contributed by atoms with Crippen LogP contribution in [0.25, 0.3) is 0 Å². The lowest BCUT2D eigenvalue weighted by Gasteiger charge is -2.16. The summed E-state index contributed by atoms with van der Waals surface area (Å²) < 4.78 is 5.72. The fourth-order valence-corrected chi connectivity index (χ4v) is 1.82. The van der Waals surface area contributed by atoms with Crippen LogP contribution in [0.5, 0.6) is 5.75 Å². The van der Waals surface area contributed by atoms with E-state index in [0.717, 1.165) is 30.0 Å². The summed E-state index contributed by atoms with van der Waals surface area (Å²) in [6.45, 7) is 8.15. The fourth-order valence-electron chi connectivity index (χ4n) is 1.82. The van der Waals surface area contributed by atoms with Crippen molar-refractivity contribution in [1.29, 1.82) is 0 Å². The number of aryl methyl sites for hydroxylation is 1. The van der Waals surface area contributed by atoms with E-state index in [4.69, 9.17) is 4.74 Å². The molecule has 0 saturated heterocycles. The summed E-state index contributed by atoms with van der Waals surface area (Å²) in [7, 11) is 3.46. The summed E-state index contributed by atoms with van der Waals surface area (Å²) >= 11 is 0. The van der Waals surface area contributed by atoms with Crippen molar-refractivity contribution in [3.8, 4) is 5.75 Å². The summed E-state index contributed by atoms with van der Waals surface area (Å²) in [4.78, 5) is 13.2. The lowest BCUT2D eigenvalue weighted by atomic mass is 10.1. The highest BCUT2D eigenvalue weighted by Gasteiger charge is 2.10. The number of likely N-dealkylation sites (N-methyl/N-ethyl adjacent to an activating group) is 1. The Kier molecular flexibility index (Phi) is 6.52. The molecule has 0 saturated carbocycles. The van der Waals surface area contributed by atoms with Crippen molar-refractivity contribution < 1.29 is 9.53 Å². The molecular formula is C16H26N2O2. The van der Waals surface area contributed by atoms with Gasteiger partial charge in [0.1, 0.15) is 5.75 Å². The molecule has 0 heterocycles. The third-order valence-corrected chi connectivity index (χ3v) is 3.00. The maximum absolute atomic E-state index is 11.6. The smallest absolute Gasteiger partial charge is 0.259 e. The molecule has 1 N–H and O–H groups in total. The normalized spacial score (nSPS) is 10.7. The summed E-state index contributed by atoms with van der Waals surface area (Å²) in [6, 6.07) is 6.06. The number of hydrogen-bond donors (Lipinski definition) is 1. The molecule has 0 unspecified atom stereocenters. The van der Waals surface area contributed by atoms with Crippen molar-refractivity contribution >= 4 is 5.91 Å². The van der Waals surface area contributed by atoms with Gasteiger partial charge in [-0.05, 0) is 24.9 Å². The van der Waals surface area contributed by atoms with Gasteiger partial charge >= 0.3 is 0 Å². The minimum Gasteiger partial charge on any atom is -0.483 e. The van der Waals surface area contributed by atoms with Crippen LogP contribution in [0.4, 0.5) is 0 Å². The van der Waals surface area contributed by atoms with Crippen molar-refractivity contribution in [2.24, 2.45) is 5.92 Å². The predicted octanol–water partition coefficient (Wildman–Crippen LogP) is 2.21. The lowest BCUT2D eigenvalue weighted by Crippen LogP contribution is -2.28. The molecule has 1 rings (SSSR count). The van der Waals surface area contributed by atoms with E-state index in [1.165, 1.54) is 4.90 Å². The van der Waals surface area contributed by atoms with Gasteiger partial charge in [-0.15, -0.1) is 0 Å². The third kappa shape index (κ3) is 5.21. The standard InChI is InChI=1S/C16H26N2O2/c1-12(2)9-17-10-14-8-6-7-13(3)16(14)20-11-15(19)18(4)5/h6-8,12,17H,9-11H2,1-5H3. The van der Waals surface area contributed by atoms with Gasteiger partial charge in [0.15, 0.2) is 6.61 Å². The maximum Gasteiger partial charge on any atom is 0.259 e. The second kappa shape index (κ2) is 7.90. The molecule has 112 valence electrons. The number of rotatable bonds is 7. The van der Waals surface area contributed by atoms with Crippen LogP contribution < -0.4 is 10.1 Å². The van der Waals surface area contributed by atoms with Crippen molar-refractivity contribution in [1.82, 2.24) is 10.2 Å². The Morgan fingerprint density at radius 2 is 2.05 bits per heavy atom. The van der Waals surface area contributed by atoms with Gasteiger partial charge in [0.05, 0.1) is 0 Å². The first kappa shape index (κ1) is 16.5. The van der Waals surface area contributed by atoms with Crippen LogP contribution in [-0.4, -0.2) is 38.1 Å². The molecule has 0 spiro atoms. The second-order valence-corrected chi connectivity index (χ2v) is 5.66. The Labute approximate surface area is 122 Å². The average Bonchev–Trinajstić information content (AvgIpc) is 2.37. The lowest BCUT2D eigenvalue weighted by molar-refractivity contribution is -0.130. The van der Waals surface area contributed by atoms with E-state index in [1.54, 1.807) is 14.1 Å². The zero-order chi connectivity index (χ0) is 15.1. The first-order valence-electron chi connectivity index (χ1n) is 7.04. The van der Waals surface area contributed by atoms with E-state index < -0.39 is 0 Å². The molecule has 0 aromatic heterocycles. The number of para-hydroxylation sites is 1. The minimum absolute atomic E-state index is 0.0330. The number of carbonyl (C=O) groups excluding carboxylic acids is 1. The van der Waals surface area contributed by atoms with Gasteiger partial charge in [-0.25, -0.2) is 0 Å². The molecule has 0 fully saturated rings. The number of nitrogens with zero attached hydrogens (tertiary/aromatic N) is 1. The molecule has 0 aliphatic rings. The molecule has 4 heteroatoms. The van der Waals surface area contributed by atoms with E-state index in [0.29, 0.717) is 5.92 Å². The molecule has 20 heavy (non-hydrogen) atoms. The van der Waals surface area contributed by atoms with Crippen molar-refractivity contribution in [2.45, 2.75) is 27.3 Å². The Hall–Kier alpha value is -1.55. The van der Waals surface area contributed by atoms with Gasteiger partial charge in [0, 0.05) is 26.2 Å². The number of amides is 1. The fraction of sp³-hybridized carbons (Fsp3) is 0.562. The molecule has 0 aliphatic carbocycles. The monoisotopic (exact) mass is 278 g/mol.